The first kappa shape index (κ1) is 23.0. The zero-order valence-electron chi connectivity index (χ0n) is 18.8. The highest BCUT2D eigenvalue weighted by atomic mass is 16.5. The number of hydrogen-bond acceptors (Lipinski definition) is 6. The first-order valence-electron chi connectivity index (χ1n) is 10.7. The molecule has 2 heterocycles. The normalized spacial score (nSPS) is 22.0. The average Bonchev–Trinajstić information content (AvgIpc) is 2.92. The molecule has 3 rings (SSSR count). The molecule has 2 aliphatic heterocycles. The number of anilines is 1. The van der Waals surface area contributed by atoms with Crippen LogP contribution in [0.15, 0.2) is 30.0 Å². The van der Waals surface area contributed by atoms with Gasteiger partial charge < -0.3 is 19.7 Å². The zero-order chi connectivity index (χ0) is 22.7. The summed E-state index contributed by atoms with van der Waals surface area (Å²) in [6, 6.07) is 6.98. The highest BCUT2D eigenvalue weighted by molar-refractivity contribution is 6.35. The molecule has 2 atom stereocenters. The van der Waals surface area contributed by atoms with Crippen molar-refractivity contribution in [3.63, 3.8) is 0 Å². The minimum Gasteiger partial charge on any atom is -0.377 e. The average molecular weight is 430 g/mol. The van der Waals surface area contributed by atoms with Gasteiger partial charge in [0.15, 0.2) is 0 Å². The van der Waals surface area contributed by atoms with E-state index in [1.54, 1.807) is 24.3 Å². The van der Waals surface area contributed by atoms with E-state index >= 15 is 0 Å². The summed E-state index contributed by atoms with van der Waals surface area (Å²) in [7, 11) is 0. The zero-order valence-corrected chi connectivity index (χ0v) is 18.8. The number of benzene rings is 1. The van der Waals surface area contributed by atoms with Crippen LogP contribution < -0.4 is 5.32 Å². The van der Waals surface area contributed by atoms with Crippen LogP contribution >= 0.6 is 0 Å². The number of hydrogen-bond donors (Lipinski definition) is 1. The molecule has 1 fully saturated rings. The van der Waals surface area contributed by atoms with E-state index < -0.39 is 0 Å². The molecule has 2 aliphatic rings. The van der Waals surface area contributed by atoms with Crippen LogP contribution in [0.25, 0.3) is 5.57 Å². The van der Waals surface area contributed by atoms with E-state index in [2.05, 4.69) is 5.32 Å². The molecule has 0 aliphatic carbocycles. The number of ether oxygens (including phenoxy) is 2. The number of carbonyl (C=O) groups excluding carboxylic acids is 3. The minimum absolute atomic E-state index is 0.0157. The van der Waals surface area contributed by atoms with Crippen LogP contribution in [0.3, 0.4) is 0 Å². The van der Waals surface area contributed by atoms with Crippen molar-refractivity contribution in [1.82, 2.24) is 9.80 Å². The van der Waals surface area contributed by atoms with Crippen molar-refractivity contribution in [3.8, 4) is 0 Å². The van der Waals surface area contributed by atoms with E-state index in [4.69, 9.17) is 9.47 Å². The molecular weight excluding hydrogens is 398 g/mol. The molecule has 1 aromatic rings. The Balaban J connectivity index is 1.96. The van der Waals surface area contributed by atoms with Gasteiger partial charge in [-0.3, -0.25) is 19.3 Å². The lowest BCUT2D eigenvalue weighted by Crippen LogP contribution is -2.47. The molecule has 8 heteroatoms. The molecule has 168 valence electrons. The molecule has 1 N–H and O–H groups in total. The lowest BCUT2D eigenvalue weighted by molar-refractivity contribution is -0.139. The van der Waals surface area contributed by atoms with Gasteiger partial charge in [-0.15, -0.1) is 0 Å². The van der Waals surface area contributed by atoms with E-state index in [1.165, 1.54) is 11.8 Å². The summed E-state index contributed by atoms with van der Waals surface area (Å²) in [5.74, 6) is -0.807. The third kappa shape index (κ3) is 5.32. The van der Waals surface area contributed by atoms with Gasteiger partial charge in [0.25, 0.3) is 11.8 Å². The van der Waals surface area contributed by atoms with E-state index in [9.17, 15) is 14.4 Å². The van der Waals surface area contributed by atoms with E-state index in [1.807, 2.05) is 32.6 Å². The second-order valence-corrected chi connectivity index (χ2v) is 8.33. The summed E-state index contributed by atoms with van der Waals surface area (Å²) in [6.45, 7) is 10.7. The first-order chi connectivity index (χ1) is 14.7. The van der Waals surface area contributed by atoms with Crippen molar-refractivity contribution in [2.45, 2.75) is 52.9 Å². The summed E-state index contributed by atoms with van der Waals surface area (Å²) in [4.78, 5) is 41.2. The maximum Gasteiger partial charge on any atom is 0.277 e. The molecule has 31 heavy (non-hydrogen) atoms. The Kier molecular flexibility index (Phi) is 7.12. The molecule has 1 aromatic carbocycles. The number of rotatable bonds is 7. The summed E-state index contributed by atoms with van der Waals surface area (Å²) in [5.41, 5.74) is 2.06. The Labute approximate surface area is 183 Å². The number of morpholine rings is 1. The Morgan fingerprint density at radius 2 is 1.74 bits per heavy atom. The standard InChI is InChI=1S/C23H31N3O5/c1-14(2)30-11-10-26-22(28)20(18-6-8-19(9-7-18)24-17(5)27)21(23(26)29)25-12-15(3)31-16(4)13-25/h6-9,14-16H,10-13H2,1-5H3,(H,24,27). The van der Waals surface area contributed by atoms with Crippen LogP contribution in [0, 0.1) is 0 Å². The Hall–Kier alpha value is -2.71. The fourth-order valence-corrected chi connectivity index (χ4v) is 3.98. The highest BCUT2D eigenvalue weighted by Crippen LogP contribution is 2.33. The van der Waals surface area contributed by atoms with Crippen LogP contribution in [0.4, 0.5) is 5.69 Å². The fourth-order valence-electron chi connectivity index (χ4n) is 3.98. The van der Waals surface area contributed by atoms with E-state index in [0.717, 1.165) is 0 Å². The topological polar surface area (TPSA) is 88.2 Å². The predicted octanol–water partition coefficient (Wildman–Crippen LogP) is 2.26. The summed E-state index contributed by atoms with van der Waals surface area (Å²) in [6.07, 6.45) is -0.0938. The molecule has 3 amide bonds. The molecule has 0 aromatic heterocycles. The van der Waals surface area contributed by atoms with Gasteiger partial charge in [0.05, 0.1) is 37.0 Å². The molecule has 2 unspecified atom stereocenters. The number of nitrogens with one attached hydrogen (secondary N) is 1. The number of imide groups is 1. The molecule has 1 saturated heterocycles. The quantitative estimate of drug-likeness (QED) is 0.669. The minimum atomic E-state index is -0.327. The fraction of sp³-hybridized carbons (Fsp3) is 0.522. The summed E-state index contributed by atoms with van der Waals surface area (Å²) in [5, 5.41) is 2.72. The highest BCUT2D eigenvalue weighted by Gasteiger charge is 2.42. The van der Waals surface area contributed by atoms with Gasteiger partial charge in [-0.1, -0.05) is 12.1 Å². The van der Waals surface area contributed by atoms with Crippen LogP contribution in [-0.4, -0.2) is 72.1 Å². The lowest BCUT2D eigenvalue weighted by atomic mass is 10.0. The van der Waals surface area contributed by atoms with Crippen molar-refractivity contribution >= 4 is 29.0 Å². The van der Waals surface area contributed by atoms with E-state index in [-0.39, 0.29) is 49.2 Å². The van der Waals surface area contributed by atoms with Crippen molar-refractivity contribution in [1.29, 1.82) is 0 Å². The largest absolute Gasteiger partial charge is 0.377 e. The molecular formula is C23H31N3O5. The van der Waals surface area contributed by atoms with Gasteiger partial charge in [-0.05, 0) is 45.4 Å². The van der Waals surface area contributed by atoms with Crippen molar-refractivity contribution in [3.05, 3.63) is 35.5 Å². The van der Waals surface area contributed by atoms with Crippen LogP contribution in [0.5, 0.6) is 0 Å². The van der Waals surface area contributed by atoms with Crippen molar-refractivity contribution in [2.24, 2.45) is 0 Å². The second kappa shape index (κ2) is 9.62. The van der Waals surface area contributed by atoms with Crippen LogP contribution in [0.1, 0.15) is 40.2 Å². The van der Waals surface area contributed by atoms with Gasteiger partial charge in [0, 0.05) is 25.7 Å². The predicted molar refractivity (Wildman–Crippen MR) is 117 cm³/mol. The SMILES string of the molecule is CC(=O)Nc1ccc(C2=C(N3CC(C)OC(C)C3)C(=O)N(CCOC(C)C)C2=O)cc1. The third-order valence-corrected chi connectivity index (χ3v) is 5.14. The Bertz CT molecular complexity index is 868. The van der Waals surface area contributed by atoms with Gasteiger partial charge in [0.2, 0.25) is 5.91 Å². The Morgan fingerprint density at radius 3 is 2.29 bits per heavy atom. The maximum atomic E-state index is 13.4. The van der Waals surface area contributed by atoms with Crippen LogP contribution in [0.2, 0.25) is 0 Å². The third-order valence-electron chi connectivity index (χ3n) is 5.14. The van der Waals surface area contributed by atoms with Crippen LogP contribution in [-0.2, 0) is 23.9 Å². The Morgan fingerprint density at radius 1 is 1.13 bits per heavy atom. The van der Waals surface area contributed by atoms with Gasteiger partial charge in [-0.2, -0.15) is 0 Å². The number of amides is 3. The maximum absolute atomic E-state index is 13.4. The molecule has 0 spiro atoms. The molecule has 0 bridgehead atoms. The smallest absolute Gasteiger partial charge is 0.277 e. The lowest BCUT2D eigenvalue weighted by Gasteiger charge is -2.37. The molecule has 8 nitrogen and oxygen atoms in total. The monoisotopic (exact) mass is 429 g/mol. The number of nitrogens with zero attached hydrogens (tertiary/aromatic N) is 2. The first-order valence-corrected chi connectivity index (χ1v) is 10.7. The number of carbonyl (C=O) groups is 3. The van der Waals surface area contributed by atoms with Gasteiger partial charge in [0.1, 0.15) is 5.70 Å². The summed E-state index contributed by atoms with van der Waals surface area (Å²) >= 11 is 0. The van der Waals surface area contributed by atoms with Crippen molar-refractivity contribution in [2.75, 3.05) is 31.6 Å². The van der Waals surface area contributed by atoms with Gasteiger partial charge >= 0.3 is 0 Å². The van der Waals surface area contributed by atoms with E-state index in [0.29, 0.717) is 35.6 Å². The molecule has 0 radical (unpaired) electrons. The second-order valence-electron chi connectivity index (χ2n) is 8.33. The molecule has 0 saturated carbocycles. The summed E-state index contributed by atoms with van der Waals surface area (Å²) < 4.78 is 11.4. The van der Waals surface area contributed by atoms with Gasteiger partial charge in [-0.25, -0.2) is 0 Å². The van der Waals surface area contributed by atoms with Crippen molar-refractivity contribution < 1.29 is 23.9 Å².